The minimum atomic E-state index is -1.02. The Morgan fingerprint density at radius 3 is 2.76 bits per heavy atom. The van der Waals surface area contributed by atoms with Crippen molar-refractivity contribution in [2.75, 3.05) is 11.9 Å². The van der Waals surface area contributed by atoms with Crippen LogP contribution in [0.15, 0.2) is 42.5 Å². The van der Waals surface area contributed by atoms with E-state index in [1.807, 2.05) is 0 Å². The number of nitrogens with one attached hydrogen (secondary N) is 2. The molecule has 0 aliphatic carbocycles. The Labute approximate surface area is 177 Å². The number of hydrogen-bond donors (Lipinski definition) is 2. The molecule has 9 heteroatoms. The molecule has 1 aliphatic rings. The van der Waals surface area contributed by atoms with E-state index < -0.39 is 36.5 Å². The number of halogens is 2. The number of carbonyl (C=O) groups excluding carboxylic acids is 3. The Morgan fingerprint density at radius 2 is 2.00 bits per heavy atom. The summed E-state index contributed by atoms with van der Waals surface area (Å²) >= 11 is 12.0. The molecule has 0 saturated heterocycles. The molecule has 2 N–H and O–H groups in total. The maximum absolute atomic E-state index is 12.1. The lowest BCUT2D eigenvalue weighted by Gasteiger charge is -2.25. The lowest BCUT2D eigenvalue weighted by Crippen LogP contribution is -2.39. The molecular formula is C20H18Cl2N2O5. The van der Waals surface area contributed by atoms with Gasteiger partial charge in [0.15, 0.2) is 12.7 Å². The van der Waals surface area contributed by atoms with Gasteiger partial charge < -0.3 is 20.1 Å². The SMILES string of the molecule is CC(NC(=O)COC(=O)CC1Oc2ccccc2NC1=O)c1ccc(Cl)cc1Cl. The predicted molar refractivity (Wildman–Crippen MR) is 108 cm³/mol. The van der Waals surface area contributed by atoms with E-state index in [2.05, 4.69) is 10.6 Å². The number of rotatable bonds is 6. The molecule has 1 heterocycles. The minimum Gasteiger partial charge on any atom is -0.478 e. The molecule has 152 valence electrons. The molecular weight excluding hydrogens is 419 g/mol. The highest BCUT2D eigenvalue weighted by atomic mass is 35.5. The number of fused-ring (bicyclic) bond motifs is 1. The highest BCUT2D eigenvalue weighted by Crippen LogP contribution is 2.29. The van der Waals surface area contributed by atoms with Crippen molar-refractivity contribution in [2.45, 2.75) is 25.5 Å². The van der Waals surface area contributed by atoms with Crippen molar-refractivity contribution in [2.24, 2.45) is 0 Å². The van der Waals surface area contributed by atoms with E-state index >= 15 is 0 Å². The number of para-hydroxylation sites is 2. The summed E-state index contributed by atoms with van der Waals surface area (Å²) in [5, 5.41) is 6.25. The van der Waals surface area contributed by atoms with Gasteiger partial charge in [-0.15, -0.1) is 0 Å². The van der Waals surface area contributed by atoms with Crippen LogP contribution in [0.25, 0.3) is 0 Å². The summed E-state index contributed by atoms with van der Waals surface area (Å²) in [7, 11) is 0. The maximum atomic E-state index is 12.1. The van der Waals surface area contributed by atoms with Gasteiger partial charge in [-0.05, 0) is 36.8 Å². The van der Waals surface area contributed by atoms with Crippen LogP contribution >= 0.6 is 23.2 Å². The van der Waals surface area contributed by atoms with Crippen LogP contribution in [0.2, 0.25) is 10.0 Å². The van der Waals surface area contributed by atoms with Crippen LogP contribution in [0.4, 0.5) is 5.69 Å². The van der Waals surface area contributed by atoms with Crippen molar-refractivity contribution in [1.82, 2.24) is 5.32 Å². The zero-order valence-electron chi connectivity index (χ0n) is 15.4. The van der Waals surface area contributed by atoms with Gasteiger partial charge >= 0.3 is 5.97 Å². The summed E-state index contributed by atoms with van der Waals surface area (Å²) < 4.78 is 10.5. The molecule has 29 heavy (non-hydrogen) atoms. The van der Waals surface area contributed by atoms with Crippen LogP contribution in [-0.4, -0.2) is 30.5 Å². The number of carbonyl (C=O) groups is 3. The number of amides is 2. The number of ether oxygens (including phenoxy) is 2. The normalized spacial score (nSPS) is 16.1. The van der Waals surface area contributed by atoms with E-state index in [0.29, 0.717) is 27.0 Å². The van der Waals surface area contributed by atoms with Crippen molar-refractivity contribution >= 4 is 46.7 Å². The van der Waals surface area contributed by atoms with Gasteiger partial charge in [0.1, 0.15) is 5.75 Å². The Hall–Kier alpha value is -2.77. The molecule has 7 nitrogen and oxygen atoms in total. The molecule has 0 saturated carbocycles. The van der Waals surface area contributed by atoms with Gasteiger partial charge in [0.05, 0.1) is 18.2 Å². The van der Waals surface area contributed by atoms with Crippen LogP contribution in [0, 0.1) is 0 Å². The van der Waals surface area contributed by atoms with Crippen LogP contribution in [0.1, 0.15) is 24.9 Å². The van der Waals surface area contributed by atoms with Crippen LogP contribution in [0.3, 0.4) is 0 Å². The second kappa shape index (κ2) is 9.15. The van der Waals surface area contributed by atoms with E-state index in [0.717, 1.165) is 0 Å². The quantitative estimate of drug-likeness (QED) is 0.675. The smallest absolute Gasteiger partial charge is 0.310 e. The van der Waals surface area contributed by atoms with E-state index in [1.165, 1.54) is 0 Å². The highest BCUT2D eigenvalue weighted by molar-refractivity contribution is 6.35. The summed E-state index contributed by atoms with van der Waals surface area (Å²) in [5.74, 6) is -1.21. The Bertz CT molecular complexity index is 950. The monoisotopic (exact) mass is 436 g/mol. The first-order chi connectivity index (χ1) is 13.8. The number of hydrogen-bond acceptors (Lipinski definition) is 5. The summed E-state index contributed by atoms with van der Waals surface area (Å²) in [4.78, 5) is 36.1. The number of esters is 1. The van der Waals surface area contributed by atoms with Crippen molar-refractivity contribution < 1.29 is 23.9 Å². The van der Waals surface area contributed by atoms with Crippen LogP contribution < -0.4 is 15.4 Å². The molecule has 2 aromatic rings. The first-order valence-electron chi connectivity index (χ1n) is 8.80. The molecule has 2 unspecified atom stereocenters. The molecule has 0 spiro atoms. The number of benzene rings is 2. The third-order valence-corrected chi connectivity index (χ3v) is 4.79. The van der Waals surface area contributed by atoms with Crippen molar-refractivity contribution in [3.63, 3.8) is 0 Å². The molecule has 0 fully saturated rings. The Morgan fingerprint density at radius 1 is 1.24 bits per heavy atom. The van der Waals surface area contributed by atoms with Crippen LogP contribution in [-0.2, 0) is 19.1 Å². The summed E-state index contributed by atoms with van der Waals surface area (Å²) in [5.41, 5.74) is 1.22. The second-order valence-electron chi connectivity index (χ2n) is 6.41. The first-order valence-corrected chi connectivity index (χ1v) is 9.55. The summed E-state index contributed by atoms with van der Waals surface area (Å²) in [6, 6.07) is 11.4. The predicted octanol–water partition coefficient (Wildman–Crippen LogP) is 3.50. The van der Waals surface area contributed by atoms with Crippen molar-refractivity contribution in [3.05, 3.63) is 58.1 Å². The third-order valence-electron chi connectivity index (χ3n) is 4.23. The van der Waals surface area contributed by atoms with E-state index in [4.69, 9.17) is 32.7 Å². The largest absolute Gasteiger partial charge is 0.478 e. The molecule has 0 radical (unpaired) electrons. The molecule has 2 aromatic carbocycles. The van der Waals surface area contributed by atoms with Gasteiger partial charge in [0.25, 0.3) is 11.8 Å². The molecule has 2 atom stereocenters. The van der Waals surface area contributed by atoms with Crippen LogP contribution in [0.5, 0.6) is 5.75 Å². The van der Waals surface area contributed by atoms with Gasteiger partial charge in [0.2, 0.25) is 0 Å². The van der Waals surface area contributed by atoms with Gasteiger partial charge in [-0.25, -0.2) is 0 Å². The number of anilines is 1. The average Bonchev–Trinajstić information content (AvgIpc) is 2.67. The second-order valence-corrected chi connectivity index (χ2v) is 7.26. The third kappa shape index (κ3) is 5.40. The van der Waals surface area contributed by atoms with Gasteiger partial charge in [-0.1, -0.05) is 41.4 Å². The van der Waals surface area contributed by atoms with E-state index in [9.17, 15) is 14.4 Å². The average molecular weight is 437 g/mol. The van der Waals surface area contributed by atoms with Gasteiger partial charge in [-0.2, -0.15) is 0 Å². The first kappa shape index (κ1) is 21.0. The summed E-state index contributed by atoms with van der Waals surface area (Å²) in [6.07, 6.45) is -1.33. The van der Waals surface area contributed by atoms with Crippen molar-refractivity contribution in [1.29, 1.82) is 0 Å². The molecule has 0 bridgehead atoms. The zero-order valence-corrected chi connectivity index (χ0v) is 16.9. The van der Waals surface area contributed by atoms with Crippen molar-refractivity contribution in [3.8, 4) is 5.75 Å². The Kier molecular flexibility index (Phi) is 6.61. The maximum Gasteiger partial charge on any atom is 0.310 e. The molecule has 0 aromatic heterocycles. The standard InChI is InChI=1S/C20H18Cl2N2O5/c1-11(13-7-6-12(21)8-14(13)22)23-18(25)10-28-19(26)9-17-20(27)24-15-4-2-3-5-16(15)29-17/h2-8,11,17H,9-10H2,1H3,(H,23,25)(H,24,27). The van der Waals surface area contributed by atoms with Gasteiger partial charge in [0, 0.05) is 10.0 Å². The fourth-order valence-electron chi connectivity index (χ4n) is 2.80. The molecule has 1 aliphatic heterocycles. The fraction of sp³-hybridized carbons (Fsp3) is 0.250. The molecule has 2 amide bonds. The molecule has 3 rings (SSSR count). The van der Waals surface area contributed by atoms with E-state index in [1.54, 1.807) is 49.4 Å². The Balaban J connectivity index is 1.48. The highest BCUT2D eigenvalue weighted by Gasteiger charge is 2.30. The lowest BCUT2D eigenvalue weighted by atomic mass is 10.1. The minimum absolute atomic E-state index is 0.313. The topological polar surface area (TPSA) is 93.7 Å². The lowest BCUT2D eigenvalue weighted by molar-refractivity contribution is -0.151. The van der Waals surface area contributed by atoms with E-state index in [-0.39, 0.29) is 6.42 Å². The zero-order chi connectivity index (χ0) is 21.0. The summed E-state index contributed by atoms with van der Waals surface area (Å²) in [6.45, 7) is 1.26. The fourth-order valence-corrected chi connectivity index (χ4v) is 3.37. The van der Waals surface area contributed by atoms with Gasteiger partial charge in [-0.3, -0.25) is 14.4 Å².